The molecule has 0 fully saturated rings. The van der Waals surface area contributed by atoms with Crippen molar-refractivity contribution in [3.8, 4) is 0 Å². The van der Waals surface area contributed by atoms with Crippen LogP contribution in [0.4, 0.5) is 0 Å². The Hall–Kier alpha value is 0.620. The average Bonchev–Trinajstić information content (AvgIpc) is 1.59. The van der Waals surface area contributed by atoms with E-state index in [0.717, 1.165) is 0 Å². The van der Waals surface area contributed by atoms with Crippen LogP contribution < -0.4 is 34.5 Å². The molecule has 1 unspecified atom stereocenters. The Labute approximate surface area is 86.6 Å². The minimum atomic E-state index is -4.48. The zero-order valence-electron chi connectivity index (χ0n) is 6.44. The Morgan fingerprint density at radius 2 is 2.18 bits per heavy atom. The number of hydrogen-bond acceptors (Lipinski definition) is 4. The van der Waals surface area contributed by atoms with Gasteiger partial charge in [0, 0.05) is 0 Å². The van der Waals surface area contributed by atoms with Gasteiger partial charge >= 0.3 is 35.5 Å². The van der Waals surface area contributed by atoms with Gasteiger partial charge in [-0.2, -0.15) is 0 Å². The summed E-state index contributed by atoms with van der Waals surface area (Å²) in [5, 5.41) is 0. The number of rotatable bonds is 3. The number of carbonyl (C=O) groups excluding carboxylic acids is 1. The zero-order chi connectivity index (χ0) is 8.20. The molecule has 0 radical (unpaired) electrons. The fraction of sp³-hybridized carbons (Fsp3) is 0.750. The molecule has 0 amide bonds. The van der Waals surface area contributed by atoms with Crippen LogP contribution in [0.1, 0.15) is 6.92 Å². The summed E-state index contributed by atoms with van der Waals surface area (Å²) in [6.45, 7) is 1.66. The van der Waals surface area contributed by atoms with Gasteiger partial charge in [0.2, 0.25) is 0 Å². The van der Waals surface area contributed by atoms with E-state index in [1.54, 1.807) is 6.92 Å². The molecule has 0 bridgehead atoms. The third-order valence-corrected chi connectivity index (χ3v) is 1.29. The van der Waals surface area contributed by atoms with Crippen molar-refractivity contribution in [2.75, 3.05) is 12.8 Å². The van der Waals surface area contributed by atoms with Crippen LogP contribution >= 0.6 is 7.60 Å². The average molecular weight is 190 g/mol. The number of hydrogen-bond donors (Lipinski definition) is 1. The van der Waals surface area contributed by atoms with E-state index in [-0.39, 0.29) is 36.2 Å². The quantitative estimate of drug-likeness (QED) is 0.279. The summed E-state index contributed by atoms with van der Waals surface area (Å²) in [6, 6.07) is 0. The van der Waals surface area contributed by atoms with Crippen molar-refractivity contribution in [1.82, 2.24) is 0 Å². The molecule has 60 valence electrons. The smallest absolute Gasteiger partial charge is 0.778 e. The summed E-state index contributed by atoms with van der Waals surface area (Å²) in [5.41, 5.74) is 0. The second-order valence-corrected chi connectivity index (χ2v) is 3.19. The van der Waals surface area contributed by atoms with E-state index < -0.39 is 19.7 Å². The van der Waals surface area contributed by atoms with Crippen molar-refractivity contribution in [3.05, 3.63) is 0 Å². The second-order valence-electron chi connectivity index (χ2n) is 1.60. The molecule has 0 aliphatic rings. The molecule has 0 saturated heterocycles. The predicted octanol–water partition coefficient (Wildman–Crippen LogP) is -3.90. The van der Waals surface area contributed by atoms with Crippen LogP contribution in [0, 0.1) is 0 Å². The van der Waals surface area contributed by atoms with E-state index in [2.05, 4.69) is 4.74 Å². The first kappa shape index (κ1) is 14.2. The molecular weight excluding hydrogens is 182 g/mol. The molecule has 0 heterocycles. The van der Waals surface area contributed by atoms with Gasteiger partial charge in [0.25, 0.3) is 0 Å². The van der Waals surface area contributed by atoms with Crippen molar-refractivity contribution >= 4 is 13.6 Å². The molecule has 7 heteroatoms. The molecule has 0 aliphatic heterocycles. The van der Waals surface area contributed by atoms with Crippen molar-refractivity contribution in [2.24, 2.45) is 0 Å². The van der Waals surface area contributed by atoms with E-state index in [1.807, 2.05) is 0 Å². The third-order valence-electron chi connectivity index (χ3n) is 0.634. The molecule has 0 aliphatic carbocycles. The predicted molar refractivity (Wildman–Crippen MR) is 31.3 cm³/mol. The SMILES string of the molecule is CCOC(=O)CP(=O)([O-])O.[Na+]. The minimum Gasteiger partial charge on any atom is -0.778 e. The first-order chi connectivity index (χ1) is 4.45. The first-order valence-corrected chi connectivity index (χ1v) is 4.40. The maximum absolute atomic E-state index is 10.3. The molecule has 11 heavy (non-hydrogen) atoms. The summed E-state index contributed by atoms with van der Waals surface area (Å²) in [7, 11) is -4.48. The molecule has 0 spiro atoms. The fourth-order valence-corrected chi connectivity index (χ4v) is 0.787. The van der Waals surface area contributed by atoms with E-state index in [4.69, 9.17) is 4.89 Å². The normalized spacial score (nSPS) is 14.5. The number of carbonyl (C=O) groups is 1. The van der Waals surface area contributed by atoms with Crippen molar-refractivity contribution in [3.63, 3.8) is 0 Å². The molecule has 1 atom stereocenters. The Bertz CT molecular complexity index is 164. The van der Waals surface area contributed by atoms with Gasteiger partial charge in [-0.15, -0.1) is 0 Å². The molecule has 0 aromatic heterocycles. The van der Waals surface area contributed by atoms with Gasteiger partial charge in [0.05, 0.1) is 6.61 Å². The molecule has 5 nitrogen and oxygen atoms in total. The summed E-state index contributed by atoms with van der Waals surface area (Å²) >= 11 is 0. The van der Waals surface area contributed by atoms with E-state index >= 15 is 0 Å². The molecule has 0 rings (SSSR count). The summed E-state index contributed by atoms with van der Waals surface area (Å²) in [4.78, 5) is 28.4. The summed E-state index contributed by atoms with van der Waals surface area (Å²) < 4.78 is 14.2. The maximum atomic E-state index is 10.3. The van der Waals surface area contributed by atoms with E-state index in [0.29, 0.717) is 0 Å². The summed E-state index contributed by atoms with van der Waals surface area (Å²) in [6.07, 6.45) is -0.944. The van der Waals surface area contributed by atoms with Crippen LogP contribution in [0.5, 0.6) is 0 Å². The van der Waals surface area contributed by atoms with Gasteiger partial charge in [-0.25, -0.2) is 0 Å². The zero-order valence-corrected chi connectivity index (χ0v) is 9.34. The second kappa shape index (κ2) is 6.17. The molecular formula is C4H8NaO5P. The Balaban J connectivity index is 0. The van der Waals surface area contributed by atoms with E-state index in [9.17, 15) is 14.3 Å². The fourth-order valence-electron chi connectivity index (χ4n) is 0.370. The summed E-state index contributed by atoms with van der Waals surface area (Å²) in [5.74, 6) is -0.927. The molecule has 0 aromatic carbocycles. The van der Waals surface area contributed by atoms with Crippen LogP contribution in [-0.2, 0) is 14.1 Å². The van der Waals surface area contributed by atoms with Crippen LogP contribution in [0.3, 0.4) is 0 Å². The molecule has 1 N–H and O–H groups in total. The maximum Gasteiger partial charge on any atom is 1.00 e. The van der Waals surface area contributed by atoms with Crippen LogP contribution in [-0.4, -0.2) is 23.6 Å². The van der Waals surface area contributed by atoms with Gasteiger partial charge in [-0.1, -0.05) is 0 Å². The number of esters is 1. The Morgan fingerprint density at radius 3 is 2.45 bits per heavy atom. The van der Waals surface area contributed by atoms with Crippen LogP contribution in [0.2, 0.25) is 0 Å². The third kappa shape index (κ3) is 10.6. The Kier molecular flexibility index (Phi) is 7.94. The van der Waals surface area contributed by atoms with Crippen LogP contribution in [0.25, 0.3) is 0 Å². The van der Waals surface area contributed by atoms with Gasteiger partial charge in [0.1, 0.15) is 13.8 Å². The van der Waals surface area contributed by atoms with Gasteiger partial charge < -0.3 is 19.1 Å². The standard InChI is InChI=1S/C4H9O5P.Na/c1-2-9-4(5)3-10(6,7)8;/h2-3H2,1H3,(H2,6,7,8);/q;+1/p-1. The monoisotopic (exact) mass is 190 g/mol. The minimum absolute atomic E-state index is 0. The van der Waals surface area contributed by atoms with Crippen molar-refractivity contribution in [2.45, 2.75) is 6.92 Å². The topological polar surface area (TPSA) is 86.7 Å². The molecule has 0 aromatic rings. The first-order valence-electron chi connectivity index (χ1n) is 2.64. The van der Waals surface area contributed by atoms with Crippen molar-refractivity contribution in [1.29, 1.82) is 0 Å². The number of ether oxygens (including phenoxy) is 1. The van der Waals surface area contributed by atoms with Gasteiger partial charge in [0.15, 0.2) is 0 Å². The molecule has 0 saturated carbocycles. The van der Waals surface area contributed by atoms with Gasteiger partial charge in [-0.3, -0.25) is 4.79 Å². The van der Waals surface area contributed by atoms with Crippen LogP contribution in [0.15, 0.2) is 0 Å². The van der Waals surface area contributed by atoms with Gasteiger partial charge in [-0.05, 0) is 6.92 Å². The largest absolute Gasteiger partial charge is 1.00 e. The van der Waals surface area contributed by atoms with Crippen molar-refractivity contribution < 1.29 is 53.4 Å². The van der Waals surface area contributed by atoms with E-state index in [1.165, 1.54) is 0 Å². The Morgan fingerprint density at radius 1 is 1.73 bits per heavy atom.